The highest BCUT2D eigenvalue weighted by atomic mass is 16.5. The third kappa shape index (κ3) is 1.62. The van der Waals surface area contributed by atoms with Crippen molar-refractivity contribution in [2.75, 3.05) is 7.11 Å². The molecular formula is C7H9NO2. The Balaban J connectivity index is 2.48. The summed E-state index contributed by atoms with van der Waals surface area (Å²) in [5.41, 5.74) is 0.951. The van der Waals surface area contributed by atoms with E-state index >= 15 is 0 Å². The molecule has 1 aromatic rings. The van der Waals surface area contributed by atoms with Crippen LogP contribution in [0.2, 0.25) is 0 Å². The fourth-order valence-corrected chi connectivity index (χ4v) is 0.707. The number of carbonyl (C=O) groups is 1. The summed E-state index contributed by atoms with van der Waals surface area (Å²) < 4.78 is 4.47. The van der Waals surface area contributed by atoms with Crippen molar-refractivity contribution in [2.24, 2.45) is 0 Å². The monoisotopic (exact) mass is 139 g/mol. The lowest BCUT2D eigenvalue weighted by Gasteiger charge is -1.93. The zero-order valence-electron chi connectivity index (χ0n) is 5.76. The van der Waals surface area contributed by atoms with E-state index in [0.717, 1.165) is 5.56 Å². The van der Waals surface area contributed by atoms with E-state index in [1.807, 2.05) is 6.07 Å². The molecule has 0 spiro atoms. The number of aromatic amines is 1. The number of ether oxygens (including phenoxy) is 1. The molecule has 0 aromatic carbocycles. The van der Waals surface area contributed by atoms with Crippen LogP contribution in [-0.2, 0) is 16.0 Å². The molecule has 0 unspecified atom stereocenters. The largest absolute Gasteiger partial charge is 0.469 e. The second kappa shape index (κ2) is 3.06. The number of esters is 1. The third-order valence-corrected chi connectivity index (χ3v) is 1.24. The van der Waals surface area contributed by atoms with Gasteiger partial charge in [-0.3, -0.25) is 4.79 Å². The van der Waals surface area contributed by atoms with Crippen molar-refractivity contribution < 1.29 is 9.53 Å². The number of rotatable bonds is 2. The number of aromatic nitrogens is 1. The van der Waals surface area contributed by atoms with Crippen LogP contribution in [0.1, 0.15) is 5.56 Å². The molecule has 1 heterocycles. The van der Waals surface area contributed by atoms with Crippen LogP contribution in [0.3, 0.4) is 0 Å². The van der Waals surface area contributed by atoms with E-state index in [4.69, 9.17) is 0 Å². The van der Waals surface area contributed by atoms with Gasteiger partial charge < -0.3 is 9.72 Å². The lowest BCUT2D eigenvalue weighted by atomic mass is 10.2. The summed E-state index contributed by atoms with van der Waals surface area (Å²) in [6, 6.07) is 1.84. The second-order valence-electron chi connectivity index (χ2n) is 1.97. The summed E-state index contributed by atoms with van der Waals surface area (Å²) in [6.45, 7) is 0. The van der Waals surface area contributed by atoms with Crippen LogP contribution in [-0.4, -0.2) is 18.1 Å². The molecule has 3 heteroatoms. The second-order valence-corrected chi connectivity index (χ2v) is 1.97. The van der Waals surface area contributed by atoms with Gasteiger partial charge in [-0.05, 0) is 11.6 Å². The molecule has 0 amide bonds. The first kappa shape index (κ1) is 6.86. The number of carbonyl (C=O) groups excluding carboxylic acids is 1. The lowest BCUT2D eigenvalue weighted by molar-refractivity contribution is -0.139. The van der Waals surface area contributed by atoms with E-state index in [-0.39, 0.29) is 5.97 Å². The Morgan fingerprint density at radius 1 is 1.80 bits per heavy atom. The maximum Gasteiger partial charge on any atom is 0.310 e. The molecule has 0 fully saturated rings. The zero-order valence-corrected chi connectivity index (χ0v) is 5.76. The first-order chi connectivity index (χ1) is 4.83. The molecule has 1 N–H and O–H groups in total. The molecule has 54 valence electrons. The molecule has 0 bridgehead atoms. The first-order valence-corrected chi connectivity index (χ1v) is 3.01. The van der Waals surface area contributed by atoms with Gasteiger partial charge in [0, 0.05) is 12.4 Å². The van der Waals surface area contributed by atoms with E-state index < -0.39 is 0 Å². The van der Waals surface area contributed by atoms with Gasteiger partial charge in [0.1, 0.15) is 0 Å². The van der Waals surface area contributed by atoms with Crippen molar-refractivity contribution in [3.8, 4) is 0 Å². The topological polar surface area (TPSA) is 42.1 Å². The van der Waals surface area contributed by atoms with Crippen LogP contribution >= 0.6 is 0 Å². The summed E-state index contributed by atoms with van der Waals surface area (Å²) in [7, 11) is 1.38. The fourth-order valence-electron chi connectivity index (χ4n) is 0.707. The van der Waals surface area contributed by atoms with Crippen molar-refractivity contribution in [3.63, 3.8) is 0 Å². The van der Waals surface area contributed by atoms with Gasteiger partial charge >= 0.3 is 5.97 Å². The maximum atomic E-state index is 10.6. The summed E-state index contributed by atoms with van der Waals surface area (Å²) in [5.74, 6) is -0.209. The molecule has 0 radical (unpaired) electrons. The van der Waals surface area contributed by atoms with Gasteiger partial charge in [0.2, 0.25) is 0 Å². The number of hydrogen-bond acceptors (Lipinski definition) is 2. The maximum absolute atomic E-state index is 10.6. The van der Waals surface area contributed by atoms with Gasteiger partial charge in [-0.15, -0.1) is 0 Å². The van der Waals surface area contributed by atoms with Crippen LogP contribution in [0, 0.1) is 0 Å². The smallest absolute Gasteiger partial charge is 0.310 e. The van der Waals surface area contributed by atoms with Crippen LogP contribution in [0.15, 0.2) is 18.5 Å². The van der Waals surface area contributed by atoms with Crippen LogP contribution in [0.5, 0.6) is 0 Å². The molecular weight excluding hydrogens is 130 g/mol. The van der Waals surface area contributed by atoms with Crippen LogP contribution in [0.25, 0.3) is 0 Å². The third-order valence-electron chi connectivity index (χ3n) is 1.24. The Morgan fingerprint density at radius 3 is 3.10 bits per heavy atom. The van der Waals surface area contributed by atoms with E-state index in [9.17, 15) is 4.79 Å². The minimum Gasteiger partial charge on any atom is -0.469 e. The van der Waals surface area contributed by atoms with Gasteiger partial charge in [-0.2, -0.15) is 0 Å². The van der Waals surface area contributed by atoms with Gasteiger partial charge in [-0.25, -0.2) is 0 Å². The molecule has 0 atom stereocenters. The van der Waals surface area contributed by atoms with E-state index in [1.165, 1.54) is 7.11 Å². The molecule has 0 aliphatic heterocycles. The molecule has 0 saturated carbocycles. The van der Waals surface area contributed by atoms with E-state index in [2.05, 4.69) is 9.72 Å². The van der Waals surface area contributed by atoms with Gasteiger partial charge in [0.15, 0.2) is 0 Å². The SMILES string of the molecule is COC(=O)Cc1cc[nH]c1. The Labute approximate surface area is 59.0 Å². The molecule has 10 heavy (non-hydrogen) atoms. The van der Waals surface area contributed by atoms with Crippen molar-refractivity contribution in [1.82, 2.24) is 4.98 Å². The van der Waals surface area contributed by atoms with E-state index in [0.29, 0.717) is 6.42 Å². The summed E-state index contributed by atoms with van der Waals surface area (Å²) in [6.07, 6.45) is 3.90. The Bertz CT molecular complexity index is 203. The van der Waals surface area contributed by atoms with Crippen molar-refractivity contribution >= 4 is 5.97 Å². The molecule has 0 aliphatic rings. The van der Waals surface area contributed by atoms with Gasteiger partial charge in [-0.1, -0.05) is 0 Å². The number of hydrogen-bond donors (Lipinski definition) is 1. The fraction of sp³-hybridized carbons (Fsp3) is 0.286. The highest BCUT2D eigenvalue weighted by molar-refractivity contribution is 5.72. The van der Waals surface area contributed by atoms with Crippen molar-refractivity contribution in [1.29, 1.82) is 0 Å². The molecule has 1 rings (SSSR count). The average molecular weight is 139 g/mol. The number of nitrogens with one attached hydrogen (secondary N) is 1. The molecule has 1 aromatic heterocycles. The minimum atomic E-state index is -0.209. The first-order valence-electron chi connectivity index (χ1n) is 3.01. The summed E-state index contributed by atoms with van der Waals surface area (Å²) >= 11 is 0. The molecule has 0 aliphatic carbocycles. The molecule has 0 saturated heterocycles. The highest BCUT2D eigenvalue weighted by Gasteiger charge is 2.00. The predicted octanol–water partition coefficient (Wildman–Crippen LogP) is 0.730. The molecule has 3 nitrogen and oxygen atoms in total. The quantitative estimate of drug-likeness (QED) is 0.614. The normalized spacial score (nSPS) is 9.30. The Morgan fingerprint density at radius 2 is 2.60 bits per heavy atom. The summed E-state index contributed by atoms with van der Waals surface area (Å²) in [4.78, 5) is 13.5. The van der Waals surface area contributed by atoms with Gasteiger partial charge in [0.05, 0.1) is 13.5 Å². The lowest BCUT2D eigenvalue weighted by Crippen LogP contribution is -2.03. The van der Waals surface area contributed by atoms with Crippen LogP contribution < -0.4 is 0 Å². The highest BCUT2D eigenvalue weighted by Crippen LogP contribution is 1.97. The minimum absolute atomic E-state index is 0.209. The van der Waals surface area contributed by atoms with Crippen molar-refractivity contribution in [3.05, 3.63) is 24.0 Å². The van der Waals surface area contributed by atoms with E-state index in [1.54, 1.807) is 12.4 Å². The zero-order chi connectivity index (χ0) is 7.40. The Kier molecular flexibility index (Phi) is 2.10. The predicted molar refractivity (Wildman–Crippen MR) is 36.5 cm³/mol. The average Bonchev–Trinajstić information content (AvgIpc) is 2.40. The Hall–Kier alpha value is -1.25. The van der Waals surface area contributed by atoms with Gasteiger partial charge in [0.25, 0.3) is 0 Å². The standard InChI is InChI=1S/C7H9NO2/c1-10-7(9)4-6-2-3-8-5-6/h2-3,5,8H,4H2,1H3. The van der Waals surface area contributed by atoms with Crippen LogP contribution in [0.4, 0.5) is 0 Å². The van der Waals surface area contributed by atoms with Crippen molar-refractivity contribution in [2.45, 2.75) is 6.42 Å². The number of methoxy groups -OCH3 is 1. The number of H-pyrrole nitrogens is 1. The summed E-state index contributed by atoms with van der Waals surface area (Å²) in [5, 5.41) is 0.